The second kappa shape index (κ2) is 5.29. The Hall–Kier alpha value is -0.390. The minimum Gasteiger partial charge on any atom is -0.225 e. The lowest BCUT2D eigenvalue weighted by Crippen LogP contribution is -2.13. The van der Waals surface area contributed by atoms with Crippen LogP contribution in [0, 0.1) is 5.92 Å². The van der Waals surface area contributed by atoms with E-state index in [1.807, 2.05) is 0 Å². The Kier molecular flexibility index (Phi) is 4.52. The lowest BCUT2D eigenvalue weighted by Gasteiger charge is -2.13. The average Bonchev–Trinajstić information content (AvgIpc) is 2.17. The Morgan fingerprint density at radius 3 is 2.12 bits per heavy atom. The number of primary sulfonamides is 1. The van der Waals surface area contributed by atoms with Gasteiger partial charge in [0.2, 0.25) is 10.0 Å². The molecule has 0 fully saturated rings. The molecule has 0 saturated heterocycles. The van der Waals surface area contributed by atoms with Crippen molar-refractivity contribution in [1.82, 2.24) is 0 Å². The normalized spacial score (nSPS) is 14.1. The number of benzene rings is 1. The third kappa shape index (κ3) is 3.88. The molecule has 5 heteroatoms. The molecule has 16 heavy (non-hydrogen) atoms. The van der Waals surface area contributed by atoms with Crippen LogP contribution in [0.15, 0.2) is 29.2 Å². The average molecular weight is 306 g/mol. The summed E-state index contributed by atoms with van der Waals surface area (Å²) in [5.41, 5.74) is 1.10. The second-order valence-electron chi connectivity index (χ2n) is 4.15. The molecule has 0 bridgehead atoms. The molecule has 1 unspecified atom stereocenters. The highest BCUT2D eigenvalue weighted by Gasteiger charge is 2.11. The van der Waals surface area contributed by atoms with Gasteiger partial charge in [-0.25, -0.2) is 13.6 Å². The Morgan fingerprint density at radius 1 is 1.25 bits per heavy atom. The smallest absolute Gasteiger partial charge is 0.225 e. The number of rotatable bonds is 4. The Labute approximate surface area is 105 Å². The van der Waals surface area contributed by atoms with Gasteiger partial charge in [-0.15, -0.1) is 0 Å². The molecule has 1 aromatic rings. The van der Waals surface area contributed by atoms with Crippen molar-refractivity contribution < 1.29 is 8.42 Å². The fourth-order valence-electron chi connectivity index (χ4n) is 1.28. The van der Waals surface area contributed by atoms with Crippen LogP contribution >= 0.6 is 15.9 Å². The highest BCUT2D eigenvalue weighted by molar-refractivity contribution is 9.09. The van der Waals surface area contributed by atoms with Gasteiger partial charge in [0.25, 0.3) is 0 Å². The van der Waals surface area contributed by atoms with Crippen molar-refractivity contribution in [2.75, 3.05) is 0 Å². The number of nitrogens with two attached hydrogens (primary N) is 1. The van der Waals surface area contributed by atoms with Crippen molar-refractivity contribution in [3.8, 4) is 0 Å². The predicted molar refractivity (Wildman–Crippen MR) is 69.1 cm³/mol. The Morgan fingerprint density at radius 2 is 1.75 bits per heavy atom. The van der Waals surface area contributed by atoms with Gasteiger partial charge in [-0.2, -0.15) is 0 Å². The van der Waals surface area contributed by atoms with Crippen LogP contribution in [0.25, 0.3) is 0 Å². The van der Waals surface area contributed by atoms with Gasteiger partial charge in [0.1, 0.15) is 0 Å². The van der Waals surface area contributed by atoms with E-state index >= 15 is 0 Å². The number of halogens is 1. The van der Waals surface area contributed by atoms with Crippen LogP contribution in [0.4, 0.5) is 0 Å². The Balaban J connectivity index is 2.80. The zero-order valence-corrected chi connectivity index (χ0v) is 11.8. The van der Waals surface area contributed by atoms with E-state index in [1.54, 1.807) is 24.3 Å². The molecule has 0 spiro atoms. The fourth-order valence-corrected chi connectivity index (χ4v) is 2.17. The number of alkyl halides is 1. The van der Waals surface area contributed by atoms with Gasteiger partial charge in [0.05, 0.1) is 4.90 Å². The molecule has 0 amide bonds. The molecule has 0 aromatic heterocycles. The van der Waals surface area contributed by atoms with Gasteiger partial charge in [0, 0.05) is 4.83 Å². The van der Waals surface area contributed by atoms with E-state index in [-0.39, 0.29) is 4.90 Å². The maximum Gasteiger partial charge on any atom is 0.238 e. The van der Waals surface area contributed by atoms with Gasteiger partial charge >= 0.3 is 0 Å². The summed E-state index contributed by atoms with van der Waals surface area (Å²) in [7, 11) is -3.58. The number of sulfonamides is 1. The van der Waals surface area contributed by atoms with Crippen LogP contribution in [0.5, 0.6) is 0 Å². The first kappa shape index (κ1) is 13.7. The summed E-state index contributed by atoms with van der Waals surface area (Å²) in [5.74, 6) is 0.540. The van der Waals surface area contributed by atoms with E-state index in [0.717, 1.165) is 12.0 Å². The molecule has 0 radical (unpaired) electrons. The first-order chi connectivity index (χ1) is 7.30. The van der Waals surface area contributed by atoms with Gasteiger partial charge in [-0.3, -0.25) is 0 Å². The molecule has 3 nitrogen and oxygen atoms in total. The largest absolute Gasteiger partial charge is 0.238 e. The third-order valence-electron chi connectivity index (χ3n) is 2.41. The van der Waals surface area contributed by atoms with Crippen LogP contribution in [-0.4, -0.2) is 13.2 Å². The lowest BCUT2D eigenvalue weighted by molar-refractivity contribution is 0.597. The van der Waals surface area contributed by atoms with E-state index in [0.29, 0.717) is 10.7 Å². The summed E-state index contributed by atoms with van der Waals surface area (Å²) in [6.07, 6.45) is 0.878. The van der Waals surface area contributed by atoms with Crippen molar-refractivity contribution >= 4 is 26.0 Å². The monoisotopic (exact) mass is 305 g/mol. The lowest BCUT2D eigenvalue weighted by atomic mass is 10.0. The SMILES string of the molecule is CC(C)C(Br)Cc1ccc(S(N)(=O)=O)cc1. The highest BCUT2D eigenvalue weighted by atomic mass is 79.9. The maximum atomic E-state index is 11.0. The number of hydrogen-bond acceptors (Lipinski definition) is 2. The second-order valence-corrected chi connectivity index (χ2v) is 6.89. The van der Waals surface area contributed by atoms with Crippen LogP contribution in [0.3, 0.4) is 0 Å². The van der Waals surface area contributed by atoms with E-state index in [9.17, 15) is 8.42 Å². The summed E-state index contributed by atoms with van der Waals surface area (Å²) < 4.78 is 22.1. The molecule has 0 heterocycles. The fraction of sp³-hybridized carbons (Fsp3) is 0.455. The van der Waals surface area contributed by atoms with Crippen LogP contribution < -0.4 is 5.14 Å². The topological polar surface area (TPSA) is 60.2 Å². The molecular formula is C11H16BrNO2S. The van der Waals surface area contributed by atoms with Gasteiger partial charge in [0.15, 0.2) is 0 Å². The molecule has 1 atom stereocenters. The summed E-state index contributed by atoms with van der Waals surface area (Å²) in [6, 6.07) is 6.70. The predicted octanol–water partition coefficient (Wildman–Crippen LogP) is 2.30. The van der Waals surface area contributed by atoms with Crippen molar-refractivity contribution in [3.63, 3.8) is 0 Å². The van der Waals surface area contributed by atoms with E-state index in [4.69, 9.17) is 5.14 Å². The molecule has 1 aromatic carbocycles. The maximum absolute atomic E-state index is 11.0. The highest BCUT2D eigenvalue weighted by Crippen LogP contribution is 2.18. The molecule has 2 N–H and O–H groups in total. The zero-order chi connectivity index (χ0) is 12.3. The minimum atomic E-state index is -3.58. The summed E-state index contributed by atoms with van der Waals surface area (Å²) in [6.45, 7) is 4.27. The minimum absolute atomic E-state index is 0.159. The van der Waals surface area contributed by atoms with Crippen molar-refractivity contribution in [3.05, 3.63) is 29.8 Å². The summed E-state index contributed by atoms with van der Waals surface area (Å²) in [5, 5.41) is 5.02. The Bertz CT molecular complexity index is 440. The molecule has 0 aliphatic heterocycles. The van der Waals surface area contributed by atoms with Gasteiger partial charge in [-0.05, 0) is 30.0 Å². The molecule has 0 aliphatic rings. The first-order valence-electron chi connectivity index (χ1n) is 5.06. The van der Waals surface area contributed by atoms with Gasteiger partial charge in [-0.1, -0.05) is 41.9 Å². The van der Waals surface area contributed by atoms with Gasteiger partial charge < -0.3 is 0 Å². The standard InChI is InChI=1S/C11H16BrNO2S/c1-8(2)11(12)7-9-3-5-10(6-4-9)16(13,14)15/h3-6,8,11H,7H2,1-2H3,(H2,13,14,15). The molecule has 0 saturated carbocycles. The number of hydrogen-bond donors (Lipinski definition) is 1. The molecular weight excluding hydrogens is 290 g/mol. The van der Waals surface area contributed by atoms with Crippen LogP contribution in [0.1, 0.15) is 19.4 Å². The molecule has 0 aliphatic carbocycles. The van der Waals surface area contributed by atoms with E-state index in [1.165, 1.54) is 0 Å². The molecule has 90 valence electrons. The summed E-state index contributed by atoms with van der Waals surface area (Å²) in [4.78, 5) is 0.555. The third-order valence-corrected chi connectivity index (χ3v) is 4.72. The molecule has 1 rings (SSSR count). The van der Waals surface area contributed by atoms with Crippen molar-refractivity contribution in [1.29, 1.82) is 0 Å². The van der Waals surface area contributed by atoms with Crippen LogP contribution in [-0.2, 0) is 16.4 Å². The summed E-state index contributed by atoms with van der Waals surface area (Å²) >= 11 is 3.59. The first-order valence-corrected chi connectivity index (χ1v) is 7.52. The van der Waals surface area contributed by atoms with E-state index < -0.39 is 10.0 Å². The van der Waals surface area contributed by atoms with E-state index in [2.05, 4.69) is 29.8 Å². The quantitative estimate of drug-likeness (QED) is 0.868. The van der Waals surface area contributed by atoms with Crippen molar-refractivity contribution in [2.24, 2.45) is 11.1 Å². The zero-order valence-electron chi connectivity index (χ0n) is 9.35. The van der Waals surface area contributed by atoms with Crippen molar-refractivity contribution in [2.45, 2.75) is 30.0 Å². The van der Waals surface area contributed by atoms with Crippen LogP contribution in [0.2, 0.25) is 0 Å².